The SMILES string of the molecule is CS(=O)(=O)C1=CC(=O)OC1=O. The molecular formula is C5H4O5S. The van der Waals surface area contributed by atoms with Gasteiger partial charge in [-0.05, 0) is 0 Å². The summed E-state index contributed by atoms with van der Waals surface area (Å²) in [6, 6.07) is 0. The molecule has 0 fully saturated rings. The van der Waals surface area contributed by atoms with Crippen molar-refractivity contribution >= 4 is 21.8 Å². The Kier molecular flexibility index (Phi) is 1.56. The number of cyclic esters (lactones) is 2. The molecule has 0 spiro atoms. The normalized spacial score (nSPS) is 18.1. The van der Waals surface area contributed by atoms with Crippen LogP contribution in [0.4, 0.5) is 0 Å². The molecule has 0 radical (unpaired) electrons. The number of hydrogen-bond donors (Lipinski definition) is 0. The van der Waals surface area contributed by atoms with E-state index in [1.165, 1.54) is 0 Å². The maximum Gasteiger partial charge on any atom is 0.357 e. The number of sulfone groups is 1. The summed E-state index contributed by atoms with van der Waals surface area (Å²) in [5, 5.41) is 0. The summed E-state index contributed by atoms with van der Waals surface area (Å²) in [5.74, 6) is -2.03. The molecule has 60 valence electrons. The molecule has 0 unspecified atom stereocenters. The van der Waals surface area contributed by atoms with Crippen molar-refractivity contribution in [2.45, 2.75) is 0 Å². The van der Waals surface area contributed by atoms with Gasteiger partial charge in [-0.2, -0.15) is 0 Å². The Morgan fingerprint density at radius 1 is 1.36 bits per heavy atom. The third kappa shape index (κ3) is 1.45. The summed E-state index contributed by atoms with van der Waals surface area (Å²) < 4.78 is 25.3. The van der Waals surface area contributed by atoms with E-state index in [0.717, 1.165) is 6.26 Å². The van der Waals surface area contributed by atoms with Gasteiger partial charge in [0.1, 0.15) is 0 Å². The average molecular weight is 176 g/mol. The molecule has 0 bridgehead atoms. The molecule has 11 heavy (non-hydrogen) atoms. The van der Waals surface area contributed by atoms with Gasteiger partial charge in [-0.15, -0.1) is 0 Å². The van der Waals surface area contributed by atoms with Crippen LogP contribution in [-0.4, -0.2) is 26.6 Å². The second-order valence-corrected chi connectivity index (χ2v) is 3.97. The van der Waals surface area contributed by atoms with Gasteiger partial charge in [-0.3, -0.25) is 0 Å². The smallest absolute Gasteiger partial charge is 0.357 e. The molecule has 0 saturated heterocycles. The van der Waals surface area contributed by atoms with Gasteiger partial charge in [-0.25, -0.2) is 18.0 Å². The Bertz CT molecular complexity index is 347. The Labute approximate surface area is 62.6 Å². The first-order valence-corrected chi connectivity index (χ1v) is 4.48. The van der Waals surface area contributed by atoms with E-state index in [0.29, 0.717) is 6.08 Å². The second kappa shape index (κ2) is 2.16. The zero-order valence-corrected chi connectivity index (χ0v) is 6.34. The van der Waals surface area contributed by atoms with Crippen LogP contribution in [0.5, 0.6) is 0 Å². The van der Waals surface area contributed by atoms with E-state index in [2.05, 4.69) is 4.74 Å². The first-order chi connectivity index (χ1) is 4.91. The summed E-state index contributed by atoms with van der Waals surface area (Å²) in [4.78, 5) is 20.3. The highest BCUT2D eigenvalue weighted by atomic mass is 32.2. The Morgan fingerprint density at radius 2 is 1.91 bits per heavy atom. The average Bonchev–Trinajstić information content (AvgIpc) is 2.08. The zero-order valence-electron chi connectivity index (χ0n) is 5.53. The second-order valence-electron chi connectivity index (χ2n) is 1.99. The molecule has 0 amide bonds. The topological polar surface area (TPSA) is 77.5 Å². The fourth-order valence-corrected chi connectivity index (χ4v) is 1.25. The van der Waals surface area contributed by atoms with Crippen molar-refractivity contribution in [3.8, 4) is 0 Å². The predicted octanol–water partition coefficient (Wildman–Crippen LogP) is -1.00. The van der Waals surface area contributed by atoms with E-state index in [1.54, 1.807) is 0 Å². The lowest BCUT2D eigenvalue weighted by Crippen LogP contribution is -2.09. The minimum Gasteiger partial charge on any atom is -0.386 e. The lowest BCUT2D eigenvalue weighted by Gasteiger charge is -1.91. The molecule has 0 aliphatic carbocycles. The summed E-state index contributed by atoms with van der Waals surface area (Å²) in [7, 11) is -3.62. The monoisotopic (exact) mass is 176 g/mol. The zero-order chi connectivity index (χ0) is 8.65. The quantitative estimate of drug-likeness (QED) is 0.378. The van der Waals surface area contributed by atoms with Crippen molar-refractivity contribution in [3.05, 3.63) is 11.0 Å². The van der Waals surface area contributed by atoms with Gasteiger partial charge in [0.25, 0.3) is 0 Å². The Morgan fingerprint density at radius 3 is 2.09 bits per heavy atom. The number of rotatable bonds is 1. The molecule has 0 aromatic rings. The molecule has 0 saturated carbocycles. The van der Waals surface area contributed by atoms with Gasteiger partial charge in [0.05, 0.1) is 0 Å². The number of carbonyl (C=O) groups excluding carboxylic acids is 2. The van der Waals surface area contributed by atoms with Crippen molar-refractivity contribution in [3.63, 3.8) is 0 Å². The van der Waals surface area contributed by atoms with Crippen LogP contribution in [0.1, 0.15) is 0 Å². The lowest BCUT2D eigenvalue weighted by atomic mass is 10.5. The van der Waals surface area contributed by atoms with Gasteiger partial charge in [0, 0.05) is 12.3 Å². The van der Waals surface area contributed by atoms with Crippen LogP contribution in [0.2, 0.25) is 0 Å². The summed E-state index contributed by atoms with van der Waals surface area (Å²) >= 11 is 0. The summed E-state index contributed by atoms with van der Waals surface area (Å²) in [6.07, 6.45) is 1.50. The highest BCUT2D eigenvalue weighted by Gasteiger charge is 2.30. The van der Waals surface area contributed by atoms with E-state index in [-0.39, 0.29) is 0 Å². The van der Waals surface area contributed by atoms with E-state index in [9.17, 15) is 18.0 Å². The molecule has 1 aliphatic heterocycles. The maximum absolute atomic E-state index is 10.7. The third-order valence-electron chi connectivity index (χ3n) is 1.04. The first kappa shape index (κ1) is 7.93. The van der Waals surface area contributed by atoms with Crippen LogP contribution in [0.25, 0.3) is 0 Å². The van der Waals surface area contributed by atoms with Crippen LogP contribution >= 0.6 is 0 Å². The standard InChI is InChI=1S/C5H4O5S/c1-11(8,9)3-2-4(6)10-5(3)7/h2H,1H3. The molecule has 0 aromatic heterocycles. The molecule has 1 heterocycles. The molecule has 0 N–H and O–H groups in total. The van der Waals surface area contributed by atoms with E-state index < -0.39 is 26.7 Å². The van der Waals surface area contributed by atoms with Gasteiger partial charge in [-0.1, -0.05) is 0 Å². The fraction of sp³-hybridized carbons (Fsp3) is 0.200. The van der Waals surface area contributed by atoms with Crippen LogP contribution in [0.15, 0.2) is 11.0 Å². The highest BCUT2D eigenvalue weighted by molar-refractivity contribution is 7.95. The van der Waals surface area contributed by atoms with Crippen LogP contribution in [-0.2, 0) is 24.2 Å². The molecule has 6 heteroatoms. The number of hydrogen-bond acceptors (Lipinski definition) is 5. The highest BCUT2D eigenvalue weighted by Crippen LogP contribution is 2.13. The van der Waals surface area contributed by atoms with Crippen LogP contribution < -0.4 is 0 Å². The first-order valence-electron chi connectivity index (χ1n) is 2.59. The minimum absolute atomic E-state index is 0.581. The van der Waals surface area contributed by atoms with Gasteiger partial charge >= 0.3 is 11.9 Å². The number of esters is 2. The number of carbonyl (C=O) groups is 2. The summed E-state index contributed by atoms with van der Waals surface area (Å²) in [6.45, 7) is 0. The van der Waals surface area contributed by atoms with Gasteiger partial charge in [0.2, 0.25) is 0 Å². The van der Waals surface area contributed by atoms with E-state index in [4.69, 9.17) is 0 Å². The molecule has 0 atom stereocenters. The maximum atomic E-state index is 10.7. The molecule has 1 aliphatic rings. The van der Waals surface area contributed by atoms with Crippen molar-refractivity contribution < 1.29 is 22.7 Å². The van der Waals surface area contributed by atoms with Crippen LogP contribution in [0.3, 0.4) is 0 Å². The fourth-order valence-electron chi connectivity index (χ4n) is 0.595. The number of ether oxygens (including phenoxy) is 1. The Hall–Kier alpha value is -1.17. The van der Waals surface area contributed by atoms with Gasteiger partial charge in [0.15, 0.2) is 14.7 Å². The van der Waals surface area contributed by atoms with E-state index >= 15 is 0 Å². The Balaban J connectivity index is 3.18. The third-order valence-corrected chi connectivity index (χ3v) is 2.13. The van der Waals surface area contributed by atoms with E-state index in [1.807, 2.05) is 0 Å². The minimum atomic E-state index is -3.62. The van der Waals surface area contributed by atoms with Crippen molar-refractivity contribution in [2.75, 3.05) is 6.26 Å². The van der Waals surface area contributed by atoms with Crippen LogP contribution in [0, 0.1) is 0 Å². The van der Waals surface area contributed by atoms with Crippen molar-refractivity contribution in [1.29, 1.82) is 0 Å². The molecule has 5 nitrogen and oxygen atoms in total. The van der Waals surface area contributed by atoms with Gasteiger partial charge < -0.3 is 4.74 Å². The largest absolute Gasteiger partial charge is 0.386 e. The van der Waals surface area contributed by atoms with Crippen molar-refractivity contribution in [1.82, 2.24) is 0 Å². The predicted molar refractivity (Wildman–Crippen MR) is 34.0 cm³/mol. The lowest BCUT2D eigenvalue weighted by molar-refractivity contribution is -0.150. The molecule has 0 aromatic carbocycles. The molecular weight excluding hydrogens is 172 g/mol. The summed E-state index contributed by atoms with van der Waals surface area (Å²) in [5.41, 5.74) is 0. The molecule has 1 rings (SSSR count). The van der Waals surface area contributed by atoms with Crippen molar-refractivity contribution in [2.24, 2.45) is 0 Å².